The highest BCUT2D eigenvalue weighted by molar-refractivity contribution is 8.19. The van der Waals surface area contributed by atoms with Crippen molar-refractivity contribution in [3.8, 4) is 17.6 Å². The zero-order valence-electron chi connectivity index (χ0n) is 18.0. The highest BCUT2D eigenvalue weighted by Gasteiger charge is 2.34. The maximum absolute atomic E-state index is 13.4. The Morgan fingerprint density at radius 2 is 1.73 bits per heavy atom. The zero-order chi connectivity index (χ0) is 23.0. The number of aliphatic imine (C=N–C) groups is 1. The van der Waals surface area contributed by atoms with Crippen molar-refractivity contribution in [1.29, 1.82) is 5.26 Å². The number of anilines is 1. The number of thioether (sulfide) groups is 1. The van der Waals surface area contributed by atoms with Crippen LogP contribution in [0.4, 0.5) is 11.4 Å². The fraction of sp³-hybridized carbons (Fsp3) is 0.115. The summed E-state index contributed by atoms with van der Waals surface area (Å²) in [7, 11) is 0. The smallest absolute Gasteiger partial charge is 0.271 e. The average Bonchev–Trinajstić information content (AvgIpc) is 3.14. The number of hydrogen-bond donors (Lipinski definition) is 0. The van der Waals surface area contributed by atoms with Gasteiger partial charge in [-0.2, -0.15) is 5.26 Å². The van der Waals surface area contributed by atoms with Crippen LogP contribution in [0.25, 0.3) is 6.08 Å². The fourth-order valence-electron chi connectivity index (χ4n) is 3.23. The molecule has 1 heterocycles. The van der Waals surface area contributed by atoms with E-state index in [-0.39, 0.29) is 12.5 Å². The Balaban J connectivity index is 1.71. The molecule has 7 heteroatoms. The molecule has 1 aliphatic rings. The molecule has 1 amide bonds. The van der Waals surface area contributed by atoms with Gasteiger partial charge in [0, 0.05) is 0 Å². The molecule has 1 aliphatic heterocycles. The Morgan fingerprint density at radius 1 is 1.00 bits per heavy atom. The molecule has 0 N–H and O–H groups in total. The van der Waals surface area contributed by atoms with Gasteiger partial charge in [0.25, 0.3) is 5.91 Å². The summed E-state index contributed by atoms with van der Waals surface area (Å²) in [5.74, 6) is 0.863. The second-order valence-electron chi connectivity index (χ2n) is 6.90. The lowest BCUT2D eigenvalue weighted by molar-refractivity contribution is -0.113. The SMILES string of the molecule is CCOc1cc(/C=C2\SC(=Nc3ccccc3)N(c3ccccc3)C2=O)ccc1OCC#N. The first-order valence-corrected chi connectivity index (χ1v) is 11.2. The van der Waals surface area contributed by atoms with Gasteiger partial charge in [0.15, 0.2) is 23.3 Å². The van der Waals surface area contributed by atoms with Crippen molar-refractivity contribution in [1.82, 2.24) is 0 Å². The lowest BCUT2D eigenvalue weighted by Crippen LogP contribution is -2.28. The molecule has 0 radical (unpaired) electrons. The molecule has 33 heavy (non-hydrogen) atoms. The van der Waals surface area contributed by atoms with Crippen molar-refractivity contribution in [2.24, 2.45) is 4.99 Å². The average molecular weight is 456 g/mol. The monoisotopic (exact) mass is 455 g/mol. The molecule has 164 valence electrons. The Bertz CT molecular complexity index is 1230. The van der Waals surface area contributed by atoms with Gasteiger partial charge in [-0.15, -0.1) is 0 Å². The number of para-hydroxylation sites is 2. The molecule has 3 aromatic carbocycles. The molecule has 0 aromatic heterocycles. The van der Waals surface area contributed by atoms with Gasteiger partial charge >= 0.3 is 0 Å². The number of carbonyl (C=O) groups excluding carboxylic acids is 1. The van der Waals surface area contributed by atoms with Crippen LogP contribution in [0.2, 0.25) is 0 Å². The van der Waals surface area contributed by atoms with Gasteiger partial charge in [-0.3, -0.25) is 9.69 Å². The molecular formula is C26H21N3O3S. The number of carbonyl (C=O) groups is 1. The van der Waals surface area contributed by atoms with Crippen molar-refractivity contribution in [3.05, 3.63) is 89.3 Å². The van der Waals surface area contributed by atoms with Crippen LogP contribution in [0.3, 0.4) is 0 Å². The molecule has 0 saturated carbocycles. The summed E-state index contributed by atoms with van der Waals surface area (Å²) in [6, 6.07) is 26.3. The molecule has 0 bridgehead atoms. The molecule has 0 unspecified atom stereocenters. The molecule has 0 atom stereocenters. The van der Waals surface area contributed by atoms with E-state index in [1.54, 1.807) is 17.0 Å². The van der Waals surface area contributed by atoms with Crippen molar-refractivity contribution in [2.45, 2.75) is 6.92 Å². The summed E-state index contributed by atoms with van der Waals surface area (Å²) in [6.07, 6.45) is 1.81. The summed E-state index contributed by atoms with van der Waals surface area (Å²) in [6.45, 7) is 2.26. The summed E-state index contributed by atoms with van der Waals surface area (Å²) < 4.78 is 11.1. The zero-order valence-corrected chi connectivity index (χ0v) is 18.8. The van der Waals surface area contributed by atoms with E-state index < -0.39 is 0 Å². The number of rotatable bonds is 7. The van der Waals surface area contributed by atoms with Crippen LogP contribution in [0.1, 0.15) is 12.5 Å². The molecule has 1 saturated heterocycles. The summed E-state index contributed by atoms with van der Waals surface area (Å²) in [5, 5.41) is 9.38. The van der Waals surface area contributed by atoms with Gasteiger partial charge in [0.05, 0.1) is 22.9 Å². The number of ether oxygens (including phenoxy) is 2. The summed E-state index contributed by atoms with van der Waals surface area (Å²) >= 11 is 1.32. The van der Waals surface area contributed by atoms with Crippen molar-refractivity contribution in [3.63, 3.8) is 0 Å². The minimum atomic E-state index is -0.149. The maximum atomic E-state index is 13.4. The molecule has 0 aliphatic carbocycles. The third-order valence-corrected chi connectivity index (χ3v) is 5.63. The van der Waals surface area contributed by atoms with Crippen LogP contribution in [-0.4, -0.2) is 24.3 Å². The van der Waals surface area contributed by atoms with E-state index in [0.717, 1.165) is 16.9 Å². The number of amides is 1. The van der Waals surface area contributed by atoms with E-state index in [2.05, 4.69) is 0 Å². The first kappa shape index (κ1) is 22.2. The summed E-state index contributed by atoms with van der Waals surface area (Å²) in [5.41, 5.74) is 2.31. The van der Waals surface area contributed by atoms with Gasteiger partial charge in [-0.1, -0.05) is 42.5 Å². The molecule has 1 fully saturated rings. The van der Waals surface area contributed by atoms with Gasteiger partial charge in [-0.05, 0) is 66.7 Å². The number of nitrogens with zero attached hydrogens (tertiary/aromatic N) is 3. The minimum Gasteiger partial charge on any atom is -0.490 e. The van der Waals surface area contributed by atoms with Crippen molar-refractivity contribution < 1.29 is 14.3 Å². The maximum Gasteiger partial charge on any atom is 0.271 e. The van der Waals surface area contributed by atoms with Gasteiger partial charge in [0.2, 0.25) is 0 Å². The Morgan fingerprint density at radius 3 is 2.42 bits per heavy atom. The topological polar surface area (TPSA) is 74.9 Å². The van der Waals surface area contributed by atoms with Gasteiger partial charge < -0.3 is 9.47 Å². The number of nitriles is 1. The third-order valence-electron chi connectivity index (χ3n) is 4.66. The fourth-order valence-corrected chi connectivity index (χ4v) is 4.23. The van der Waals surface area contributed by atoms with E-state index in [9.17, 15) is 4.79 Å². The molecule has 4 rings (SSSR count). The number of amidine groups is 1. The van der Waals surface area contributed by atoms with Gasteiger partial charge in [0.1, 0.15) is 6.07 Å². The van der Waals surface area contributed by atoms with E-state index in [4.69, 9.17) is 19.7 Å². The van der Waals surface area contributed by atoms with Crippen LogP contribution >= 0.6 is 11.8 Å². The Kier molecular flexibility index (Phi) is 7.08. The Labute approximate surface area is 196 Å². The molecule has 0 spiro atoms. The van der Waals surface area contributed by atoms with Crippen LogP contribution in [0.5, 0.6) is 11.5 Å². The number of hydrogen-bond acceptors (Lipinski definition) is 6. The first-order chi connectivity index (χ1) is 16.2. The highest BCUT2D eigenvalue weighted by atomic mass is 32.2. The highest BCUT2D eigenvalue weighted by Crippen LogP contribution is 2.38. The predicted octanol–water partition coefficient (Wildman–Crippen LogP) is 5.80. The van der Waals surface area contributed by atoms with Crippen LogP contribution < -0.4 is 14.4 Å². The lowest BCUT2D eigenvalue weighted by atomic mass is 10.1. The second kappa shape index (κ2) is 10.5. The molecule has 6 nitrogen and oxygen atoms in total. The van der Waals surface area contributed by atoms with Crippen molar-refractivity contribution in [2.75, 3.05) is 18.1 Å². The van der Waals surface area contributed by atoms with Crippen molar-refractivity contribution >= 4 is 40.3 Å². The van der Waals surface area contributed by atoms with E-state index >= 15 is 0 Å². The molecule has 3 aromatic rings. The van der Waals surface area contributed by atoms with Crippen LogP contribution in [-0.2, 0) is 4.79 Å². The Hall–Kier alpha value is -4.02. The lowest BCUT2D eigenvalue weighted by Gasteiger charge is -2.15. The first-order valence-electron chi connectivity index (χ1n) is 10.4. The van der Waals surface area contributed by atoms with Crippen LogP contribution in [0.15, 0.2) is 88.8 Å². The van der Waals surface area contributed by atoms with E-state index in [0.29, 0.717) is 28.2 Å². The van der Waals surface area contributed by atoms with Gasteiger partial charge in [-0.25, -0.2) is 4.99 Å². The number of benzene rings is 3. The minimum absolute atomic E-state index is 0.0693. The largest absolute Gasteiger partial charge is 0.490 e. The predicted molar refractivity (Wildman–Crippen MR) is 132 cm³/mol. The van der Waals surface area contributed by atoms with E-state index in [1.165, 1.54) is 11.8 Å². The normalized spacial score (nSPS) is 15.6. The second-order valence-corrected chi connectivity index (χ2v) is 7.91. The quantitative estimate of drug-likeness (QED) is 0.421. The summed E-state index contributed by atoms with van der Waals surface area (Å²) in [4.78, 5) is 20.3. The molecular weight excluding hydrogens is 434 g/mol. The third kappa shape index (κ3) is 5.25. The van der Waals surface area contributed by atoms with E-state index in [1.807, 2.05) is 85.8 Å². The van der Waals surface area contributed by atoms with Crippen LogP contribution in [0, 0.1) is 11.3 Å². The standard InChI is InChI=1S/C26H21N3O3S/c1-2-31-23-17-19(13-14-22(23)32-16-15-27)18-24-25(30)29(21-11-7-4-8-12-21)26(33-24)28-20-9-5-3-6-10-20/h3-14,17-18H,2,16H2,1H3/b24-18-,28-26?.